The summed E-state index contributed by atoms with van der Waals surface area (Å²) in [6, 6.07) is 9.44. The number of hydrogen-bond donors (Lipinski definition) is 0. The monoisotopic (exact) mass is 459 g/mol. The van der Waals surface area contributed by atoms with Crippen molar-refractivity contribution >= 4 is 30.1 Å². The average Bonchev–Trinajstić information content (AvgIpc) is 3.27. The zero-order valence-electron chi connectivity index (χ0n) is 18.5. The second kappa shape index (κ2) is 10.2. The fourth-order valence-corrected chi connectivity index (χ4v) is 6.01. The minimum absolute atomic E-state index is 0.0591. The van der Waals surface area contributed by atoms with Gasteiger partial charge < -0.3 is 13.8 Å². The first-order valence-electron chi connectivity index (χ1n) is 10.5. The molecule has 0 saturated carbocycles. The molecule has 10 nitrogen and oxygen atoms in total. The standard InChI is InChI=1S/C21H26N5O5P/c1-5-14-10-9-11-15-12-16(20-23-24-25-26(20)18(14)15)19(17(13-22)21(27)29-6-2)32(28,30-7-3)31-8-4/h9-12,17,19H,5-8H2,1-4H3. The van der Waals surface area contributed by atoms with Gasteiger partial charge in [0.25, 0.3) is 0 Å². The van der Waals surface area contributed by atoms with Gasteiger partial charge in [-0.05, 0) is 49.2 Å². The zero-order chi connectivity index (χ0) is 23.3. The Morgan fingerprint density at radius 2 is 1.91 bits per heavy atom. The van der Waals surface area contributed by atoms with E-state index in [1.807, 2.05) is 31.2 Å². The lowest BCUT2D eigenvalue weighted by atomic mass is 9.98. The van der Waals surface area contributed by atoms with Gasteiger partial charge in [0.1, 0.15) is 5.66 Å². The van der Waals surface area contributed by atoms with Crippen LogP contribution in [0.2, 0.25) is 0 Å². The highest BCUT2D eigenvalue weighted by Gasteiger charge is 2.48. The maximum atomic E-state index is 14.0. The lowest BCUT2D eigenvalue weighted by molar-refractivity contribution is -0.146. The number of nitrogens with zero attached hydrogens (tertiary/aromatic N) is 5. The van der Waals surface area contributed by atoms with E-state index >= 15 is 0 Å². The summed E-state index contributed by atoms with van der Waals surface area (Å²) in [7, 11) is -4.01. The quantitative estimate of drug-likeness (QED) is 0.328. The predicted octanol–water partition coefficient (Wildman–Crippen LogP) is 3.85. The maximum Gasteiger partial charge on any atom is 0.340 e. The summed E-state index contributed by atoms with van der Waals surface area (Å²) in [4.78, 5) is 12.7. The van der Waals surface area contributed by atoms with Gasteiger partial charge in [-0.25, -0.2) is 0 Å². The highest BCUT2D eigenvalue weighted by Crippen LogP contribution is 2.64. The number of esters is 1. The van der Waals surface area contributed by atoms with Crippen LogP contribution in [0.15, 0.2) is 24.3 Å². The average molecular weight is 459 g/mol. The molecule has 2 heterocycles. The Morgan fingerprint density at radius 1 is 1.19 bits per heavy atom. The van der Waals surface area contributed by atoms with Crippen molar-refractivity contribution in [1.82, 2.24) is 20.0 Å². The number of hydrogen-bond acceptors (Lipinski definition) is 9. The molecule has 0 aliphatic heterocycles. The van der Waals surface area contributed by atoms with E-state index in [2.05, 4.69) is 15.5 Å². The Labute approximate surface area is 186 Å². The summed E-state index contributed by atoms with van der Waals surface area (Å²) in [5.41, 5.74) is 1.12. The zero-order valence-corrected chi connectivity index (χ0v) is 19.4. The van der Waals surface area contributed by atoms with Crippen molar-refractivity contribution in [3.05, 3.63) is 35.4 Å². The number of tetrazole rings is 1. The summed E-state index contributed by atoms with van der Waals surface area (Å²) in [5, 5.41) is 22.8. The number of pyridine rings is 1. The fourth-order valence-electron chi connectivity index (χ4n) is 3.81. The highest BCUT2D eigenvalue weighted by molar-refractivity contribution is 7.54. The number of ether oxygens (including phenoxy) is 1. The largest absolute Gasteiger partial charge is 0.465 e. The van der Waals surface area contributed by atoms with Gasteiger partial charge >= 0.3 is 13.6 Å². The fraction of sp³-hybridized carbons (Fsp3) is 0.476. The summed E-state index contributed by atoms with van der Waals surface area (Å²) < 4.78 is 31.8. The summed E-state index contributed by atoms with van der Waals surface area (Å²) in [6.07, 6.45) is 0.745. The molecule has 170 valence electrons. The van der Waals surface area contributed by atoms with Gasteiger partial charge in [-0.15, -0.1) is 5.10 Å². The number of benzene rings is 1. The van der Waals surface area contributed by atoms with Crippen LogP contribution in [0.5, 0.6) is 0 Å². The van der Waals surface area contributed by atoms with Crippen LogP contribution in [0.1, 0.15) is 44.5 Å². The third kappa shape index (κ3) is 4.24. The molecule has 3 aromatic rings. The van der Waals surface area contributed by atoms with E-state index in [0.717, 1.165) is 22.9 Å². The second-order valence-electron chi connectivity index (χ2n) is 6.90. The van der Waals surface area contributed by atoms with Crippen LogP contribution in [0, 0.1) is 17.2 Å². The third-order valence-corrected chi connectivity index (χ3v) is 7.55. The number of para-hydroxylation sites is 1. The molecule has 2 unspecified atom stereocenters. The van der Waals surface area contributed by atoms with Gasteiger partial charge in [-0.2, -0.15) is 9.78 Å². The van der Waals surface area contributed by atoms with Crippen molar-refractivity contribution in [2.45, 2.75) is 39.8 Å². The Morgan fingerprint density at radius 3 is 2.50 bits per heavy atom. The SMILES string of the molecule is CCOC(=O)C(C#N)C(c1cc2cccc(CC)c2n2nnnc12)P(=O)(OCC)OCC. The molecule has 0 fully saturated rings. The smallest absolute Gasteiger partial charge is 0.340 e. The molecular weight excluding hydrogens is 433 g/mol. The van der Waals surface area contributed by atoms with Crippen molar-refractivity contribution in [2.24, 2.45) is 5.92 Å². The highest BCUT2D eigenvalue weighted by atomic mass is 31.2. The number of rotatable bonds is 10. The first-order valence-corrected chi connectivity index (χ1v) is 12.1. The minimum atomic E-state index is -4.01. The molecule has 0 saturated heterocycles. The van der Waals surface area contributed by atoms with Gasteiger partial charge in [0.15, 0.2) is 11.6 Å². The predicted molar refractivity (Wildman–Crippen MR) is 117 cm³/mol. The Balaban J connectivity index is 2.38. The number of fused-ring (bicyclic) bond motifs is 3. The van der Waals surface area contributed by atoms with Crippen LogP contribution >= 0.6 is 7.60 Å². The third-order valence-electron chi connectivity index (χ3n) is 5.05. The maximum absolute atomic E-state index is 14.0. The van der Waals surface area contributed by atoms with Gasteiger partial charge in [0.2, 0.25) is 0 Å². The van der Waals surface area contributed by atoms with E-state index in [0.29, 0.717) is 5.56 Å². The van der Waals surface area contributed by atoms with Crippen molar-refractivity contribution in [1.29, 1.82) is 5.26 Å². The van der Waals surface area contributed by atoms with E-state index in [1.54, 1.807) is 26.8 Å². The van der Waals surface area contributed by atoms with Gasteiger partial charge in [-0.3, -0.25) is 9.36 Å². The first-order chi connectivity index (χ1) is 15.4. The normalized spacial score (nSPS) is 13.7. The molecular formula is C21H26N5O5P. The molecule has 0 spiro atoms. The molecule has 2 aromatic heterocycles. The van der Waals surface area contributed by atoms with Crippen LogP contribution in [0.3, 0.4) is 0 Å². The lowest BCUT2D eigenvalue weighted by Crippen LogP contribution is -2.25. The summed E-state index contributed by atoms with van der Waals surface area (Å²) >= 11 is 0. The van der Waals surface area contributed by atoms with Gasteiger partial charge in [0.05, 0.1) is 31.4 Å². The topological polar surface area (TPSA) is 129 Å². The van der Waals surface area contributed by atoms with Crippen molar-refractivity contribution in [3.63, 3.8) is 0 Å². The number of carbonyl (C=O) groups excluding carboxylic acids is 1. The molecule has 0 bridgehead atoms. The van der Waals surface area contributed by atoms with Crippen molar-refractivity contribution in [3.8, 4) is 6.07 Å². The lowest BCUT2D eigenvalue weighted by Gasteiger charge is -2.29. The van der Waals surface area contributed by atoms with Crippen molar-refractivity contribution < 1.29 is 23.1 Å². The van der Waals surface area contributed by atoms with Gasteiger partial charge in [-0.1, -0.05) is 25.1 Å². The van der Waals surface area contributed by atoms with Crippen LogP contribution in [0.4, 0.5) is 0 Å². The first kappa shape index (κ1) is 23.8. The Bertz CT molecular complexity index is 1190. The van der Waals surface area contributed by atoms with E-state index in [-0.39, 0.29) is 25.5 Å². The van der Waals surface area contributed by atoms with Crippen LogP contribution < -0.4 is 0 Å². The summed E-state index contributed by atoms with van der Waals surface area (Å²) in [5.74, 6) is -2.26. The van der Waals surface area contributed by atoms with E-state index in [1.165, 1.54) is 4.52 Å². The van der Waals surface area contributed by atoms with Crippen molar-refractivity contribution in [2.75, 3.05) is 19.8 Å². The van der Waals surface area contributed by atoms with E-state index < -0.39 is 25.1 Å². The molecule has 11 heteroatoms. The van der Waals surface area contributed by atoms with Gasteiger partial charge in [0, 0.05) is 10.9 Å². The molecule has 1 aromatic carbocycles. The molecule has 0 N–H and O–H groups in total. The van der Waals surface area contributed by atoms with Crippen LogP contribution in [0.25, 0.3) is 16.6 Å². The molecule has 0 radical (unpaired) electrons. The second-order valence-corrected chi connectivity index (χ2v) is 9.05. The molecule has 2 atom stereocenters. The van der Waals surface area contributed by atoms with E-state index in [9.17, 15) is 14.6 Å². The number of aryl methyl sites for hydroxylation is 1. The summed E-state index contributed by atoms with van der Waals surface area (Å²) in [6.45, 7) is 7.17. The number of aromatic nitrogens is 4. The molecule has 0 aliphatic rings. The Kier molecular flexibility index (Phi) is 7.56. The number of nitriles is 1. The molecule has 3 rings (SSSR count). The van der Waals surface area contributed by atoms with E-state index in [4.69, 9.17) is 13.8 Å². The molecule has 0 amide bonds. The van der Waals surface area contributed by atoms with Crippen LogP contribution in [-0.4, -0.2) is 45.8 Å². The van der Waals surface area contributed by atoms with Crippen LogP contribution in [-0.2, 0) is 29.6 Å². The molecule has 0 aliphatic carbocycles. The number of carbonyl (C=O) groups is 1. The minimum Gasteiger partial charge on any atom is -0.465 e. The molecule has 32 heavy (non-hydrogen) atoms. The Hall–Kier alpha value is -2.86.